The van der Waals surface area contributed by atoms with Crippen LogP contribution in [0.15, 0.2) is 70.5 Å². The molecule has 4 N–H and O–H groups in total. The zero-order chi connectivity index (χ0) is 33.6. The number of hydrogen-bond acceptors (Lipinski definition) is 8. The van der Waals surface area contributed by atoms with E-state index < -0.39 is 23.2 Å². The molecule has 0 spiro atoms. The number of rotatable bonds is 7. The molecule has 2 amide bonds. The van der Waals surface area contributed by atoms with Crippen molar-refractivity contribution in [2.45, 2.75) is 52.5 Å². The number of piperidine rings is 1. The zero-order valence-corrected chi connectivity index (χ0v) is 26.8. The molecule has 47 heavy (non-hydrogen) atoms. The predicted octanol–water partition coefficient (Wildman–Crippen LogP) is 3.39. The number of aromatic nitrogens is 6. The lowest BCUT2D eigenvalue weighted by atomic mass is 9.88. The van der Waals surface area contributed by atoms with Crippen LogP contribution >= 0.6 is 0 Å². The molecule has 6 rings (SSSR count). The van der Waals surface area contributed by atoms with E-state index in [0.29, 0.717) is 24.2 Å². The number of primary amides is 1. The Bertz CT molecular complexity index is 2100. The molecule has 0 atom stereocenters. The van der Waals surface area contributed by atoms with Crippen molar-refractivity contribution in [1.82, 2.24) is 33.8 Å². The van der Waals surface area contributed by atoms with Crippen molar-refractivity contribution in [1.29, 1.82) is 0 Å². The third-order valence-electron chi connectivity index (χ3n) is 8.73. The summed E-state index contributed by atoms with van der Waals surface area (Å²) in [4.78, 5) is 58.9. The van der Waals surface area contributed by atoms with Gasteiger partial charge in [-0.25, -0.2) is 18.9 Å². The molecule has 4 aromatic heterocycles. The number of amides is 2. The van der Waals surface area contributed by atoms with Crippen molar-refractivity contribution in [2.75, 3.05) is 18.8 Å². The summed E-state index contributed by atoms with van der Waals surface area (Å²) >= 11 is 0. The fourth-order valence-corrected chi connectivity index (χ4v) is 6.42. The molecule has 13 nitrogen and oxygen atoms in total. The lowest BCUT2D eigenvalue weighted by molar-refractivity contribution is -0.135. The van der Waals surface area contributed by atoms with Crippen molar-refractivity contribution < 1.29 is 9.59 Å². The van der Waals surface area contributed by atoms with Gasteiger partial charge in [0.2, 0.25) is 5.91 Å². The normalized spacial score (nSPS) is 14.0. The molecule has 0 radical (unpaired) electrons. The summed E-state index contributed by atoms with van der Waals surface area (Å²) in [5, 5.41) is 8.36. The second kappa shape index (κ2) is 12.3. The lowest BCUT2D eigenvalue weighted by Gasteiger charge is -2.33. The lowest BCUT2D eigenvalue weighted by Crippen LogP contribution is -2.44. The van der Waals surface area contributed by atoms with Crippen LogP contribution in [-0.4, -0.2) is 58.7 Å². The predicted molar refractivity (Wildman–Crippen MR) is 178 cm³/mol. The summed E-state index contributed by atoms with van der Waals surface area (Å²) in [6.45, 7) is 8.78. The van der Waals surface area contributed by atoms with Crippen LogP contribution in [0.2, 0.25) is 0 Å². The van der Waals surface area contributed by atoms with Crippen LogP contribution in [-0.2, 0) is 4.79 Å². The van der Waals surface area contributed by atoms with E-state index in [1.165, 1.54) is 16.8 Å². The molecule has 5 aromatic rings. The maximum Gasteiger partial charge on any atom is 0.337 e. The Hall–Kier alpha value is -5.59. The number of carbonyl (C=O) groups is 2. The molecule has 1 saturated heterocycles. The van der Waals surface area contributed by atoms with Gasteiger partial charge in [0.15, 0.2) is 5.82 Å². The van der Waals surface area contributed by atoms with Gasteiger partial charge < -0.3 is 16.4 Å². The molecule has 1 aliphatic heterocycles. The monoisotopic (exact) mass is 635 g/mol. The fraction of sp³-hybridized carbons (Fsp3) is 0.324. The Kier molecular flexibility index (Phi) is 8.22. The van der Waals surface area contributed by atoms with Gasteiger partial charge in [0.1, 0.15) is 16.9 Å². The first-order valence-corrected chi connectivity index (χ1v) is 15.6. The number of nitrogens with zero attached hydrogens (tertiary/aromatic N) is 7. The summed E-state index contributed by atoms with van der Waals surface area (Å²) in [5.41, 5.74) is 14.2. The van der Waals surface area contributed by atoms with Crippen molar-refractivity contribution in [3.63, 3.8) is 0 Å². The van der Waals surface area contributed by atoms with Gasteiger partial charge in [-0.1, -0.05) is 49.4 Å². The van der Waals surface area contributed by atoms with Crippen molar-refractivity contribution >= 4 is 23.1 Å². The fourth-order valence-electron chi connectivity index (χ4n) is 6.42. The first-order chi connectivity index (χ1) is 22.5. The minimum absolute atomic E-state index is 0.0392. The van der Waals surface area contributed by atoms with Gasteiger partial charge in [-0.2, -0.15) is 0 Å². The van der Waals surface area contributed by atoms with Crippen LogP contribution < -0.4 is 22.7 Å². The Morgan fingerprint density at radius 3 is 2.23 bits per heavy atom. The van der Waals surface area contributed by atoms with E-state index in [2.05, 4.69) is 21.4 Å². The zero-order valence-electron chi connectivity index (χ0n) is 26.8. The molecule has 0 aliphatic carbocycles. The molecule has 1 fully saturated rings. The number of likely N-dealkylation sites (tertiary alicyclic amines) is 1. The maximum absolute atomic E-state index is 13.8. The smallest absolute Gasteiger partial charge is 0.337 e. The van der Waals surface area contributed by atoms with Crippen molar-refractivity contribution in [2.24, 2.45) is 11.7 Å². The van der Waals surface area contributed by atoms with Gasteiger partial charge in [0, 0.05) is 43.0 Å². The molecule has 242 valence electrons. The number of hydrogen-bond donors (Lipinski definition) is 2. The number of pyridine rings is 2. The highest BCUT2D eigenvalue weighted by Gasteiger charge is 2.28. The number of fused-ring (bicyclic) bond motifs is 1. The molecular formula is C34H37N9O4. The number of nitrogen functional groups attached to an aromatic ring is 1. The maximum atomic E-state index is 13.8. The van der Waals surface area contributed by atoms with Gasteiger partial charge in [-0.15, -0.1) is 5.10 Å². The van der Waals surface area contributed by atoms with E-state index in [1.807, 2.05) is 37.1 Å². The highest BCUT2D eigenvalue weighted by molar-refractivity contribution is 5.99. The number of benzene rings is 1. The highest BCUT2D eigenvalue weighted by atomic mass is 16.2. The Labute approximate surface area is 270 Å². The van der Waals surface area contributed by atoms with E-state index in [-0.39, 0.29) is 40.6 Å². The summed E-state index contributed by atoms with van der Waals surface area (Å²) < 4.78 is 3.94. The third kappa shape index (κ3) is 5.58. The van der Waals surface area contributed by atoms with Crippen molar-refractivity contribution in [3.8, 4) is 28.2 Å². The Morgan fingerprint density at radius 1 is 0.957 bits per heavy atom. The summed E-state index contributed by atoms with van der Waals surface area (Å²) in [6, 6.07) is 13.7. The first kappa shape index (κ1) is 31.4. The van der Waals surface area contributed by atoms with Crippen LogP contribution in [0.25, 0.3) is 33.7 Å². The van der Waals surface area contributed by atoms with Gasteiger partial charge >= 0.3 is 5.69 Å². The molecule has 0 unspecified atom stereocenters. The van der Waals surface area contributed by atoms with Gasteiger partial charge in [-0.3, -0.25) is 19.0 Å². The van der Waals surface area contributed by atoms with Crippen molar-refractivity contribution in [3.05, 3.63) is 92.9 Å². The second-order valence-corrected chi connectivity index (χ2v) is 12.4. The Morgan fingerprint density at radius 2 is 1.64 bits per heavy atom. The van der Waals surface area contributed by atoms with Crippen LogP contribution in [0.4, 0.5) is 5.82 Å². The minimum Gasteiger partial charge on any atom is -0.380 e. The molecule has 0 bridgehead atoms. The number of carbonyl (C=O) groups excluding carboxylic acids is 2. The van der Waals surface area contributed by atoms with Crippen LogP contribution in [0.1, 0.15) is 68.4 Å². The van der Waals surface area contributed by atoms with E-state index in [4.69, 9.17) is 11.5 Å². The second-order valence-electron chi connectivity index (χ2n) is 12.4. The molecule has 1 aromatic carbocycles. The average Bonchev–Trinajstić information content (AvgIpc) is 3.44. The summed E-state index contributed by atoms with van der Waals surface area (Å²) in [6.07, 6.45) is 5.04. The van der Waals surface area contributed by atoms with Crippen LogP contribution in [0.3, 0.4) is 0 Å². The number of anilines is 1. The van der Waals surface area contributed by atoms with Crippen LogP contribution in [0, 0.1) is 5.92 Å². The molecule has 5 heterocycles. The standard InChI is InChI=1S/C34H37N9O4/c1-19(2)32(45)40-15-12-21(13-16-40)24-17-25(29-30(35)38-39-41(29)18-24)22-8-10-23(11-9-22)28-27(31(36)44)33(46)43(26-7-5-6-14-37-26)34(47)42(28)20(3)4/h5-11,14,17-21H,12-13,15-16,35H2,1-4H3,(H2,36,44). The molecule has 13 heteroatoms. The number of nitrogens with two attached hydrogens (primary N) is 2. The van der Waals surface area contributed by atoms with E-state index in [0.717, 1.165) is 34.1 Å². The minimum atomic E-state index is -0.957. The summed E-state index contributed by atoms with van der Waals surface area (Å²) in [7, 11) is 0. The first-order valence-electron chi connectivity index (χ1n) is 15.6. The van der Waals surface area contributed by atoms with Gasteiger partial charge in [0.25, 0.3) is 11.5 Å². The molecule has 0 saturated carbocycles. The topological polar surface area (TPSA) is 177 Å². The summed E-state index contributed by atoms with van der Waals surface area (Å²) in [5.74, 6) is -0.252. The highest BCUT2D eigenvalue weighted by Crippen LogP contribution is 2.36. The van der Waals surface area contributed by atoms with E-state index in [9.17, 15) is 19.2 Å². The molecular weight excluding hydrogens is 598 g/mol. The quantitative estimate of drug-likeness (QED) is 0.273. The largest absolute Gasteiger partial charge is 0.380 e. The van der Waals surface area contributed by atoms with E-state index in [1.54, 1.807) is 42.6 Å². The van der Waals surface area contributed by atoms with Crippen LogP contribution in [0.5, 0.6) is 0 Å². The molecule has 1 aliphatic rings. The van der Waals surface area contributed by atoms with E-state index >= 15 is 0 Å². The van der Waals surface area contributed by atoms with Gasteiger partial charge in [-0.05, 0) is 67.5 Å². The SMILES string of the molecule is CC(C)C(=O)N1CCC(c2cc(-c3ccc(-c4c(C(N)=O)c(=O)n(-c5ccccn5)c(=O)n4C(C)C)cc3)c3c(N)nnn3c2)CC1. The Balaban J connectivity index is 1.44. The third-order valence-corrected chi connectivity index (χ3v) is 8.73. The van der Waals surface area contributed by atoms with Gasteiger partial charge in [0.05, 0.1) is 5.69 Å². The average molecular weight is 636 g/mol.